The Bertz CT molecular complexity index is 318. The fourth-order valence-corrected chi connectivity index (χ4v) is 3.22. The molecule has 0 aliphatic heterocycles. The molecule has 0 aliphatic carbocycles. The summed E-state index contributed by atoms with van der Waals surface area (Å²) in [5, 5.41) is 0. The molecule has 0 rings (SSSR count). The van der Waals surface area contributed by atoms with Gasteiger partial charge in [-0.05, 0) is 12.8 Å². The Morgan fingerprint density at radius 2 is 0.920 bits per heavy atom. The summed E-state index contributed by atoms with van der Waals surface area (Å²) in [6, 6.07) is 0. The summed E-state index contributed by atoms with van der Waals surface area (Å²) < 4.78 is 11.0. The summed E-state index contributed by atoms with van der Waals surface area (Å²) in [5.74, 6) is -1.82. The predicted octanol–water partition coefficient (Wildman–Crippen LogP) is 6.31. The molecule has 0 heterocycles. The topological polar surface area (TPSA) is 52.6 Å². The fourth-order valence-electron chi connectivity index (χ4n) is 3.22. The molecule has 0 atom stereocenters. The van der Waals surface area contributed by atoms with Crippen molar-refractivity contribution < 1.29 is 19.1 Å². The van der Waals surface area contributed by atoms with Crippen LogP contribution in [0, 0.1) is 0 Å². The van der Waals surface area contributed by atoms with Crippen LogP contribution in [0.15, 0.2) is 0 Å². The lowest BCUT2D eigenvalue weighted by atomic mass is 9.98. The van der Waals surface area contributed by atoms with Gasteiger partial charge < -0.3 is 9.47 Å². The van der Waals surface area contributed by atoms with Gasteiger partial charge in [0.05, 0.1) is 0 Å². The second-order valence-corrected chi connectivity index (χ2v) is 7.13. The molecule has 0 radical (unpaired) electrons. The Hall–Kier alpha value is -1.06. The number of ether oxygens (including phenoxy) is 2. The van der Waals surface area contributed by atoms with E-state index in [4.69, 9.17) is 9.47 Å². The zero-order valence-electron chi connectivity index (χ0n) is 17.0. The van der Waals surface area contributed by atoms with E-state index in [1.807, 2.05) is 0 Å². The van der Waals surface area contributed by atoms with Gasteiger partial charge in [-0.3, -0.25) is 9.59 Å². The van der Waals surface area contributed by atoms with E-state index in [0.717, 1.165) is 25.7 Å². The summed E-state index contributed by atoms with van der Waals surface area (Å²) in [4.78, 5) is 23.2. The normalized spacial score (nSPS) is 11.4. The lowest BCUT2D eigenvalue weighted by Crippen LogP contribution is -2.39. The van der Waals surface area contributed by atoms with E-state index in [-0.39, 0.29) is 11.9 Å². The van der Waals surface area contributed by atoms with Crippen molar-refractivity contribution >= 4 is 11.9 Å². The highest BCUT2D eigenvalue weighted by atomic mass is 16.7. The van der Waals surface area contributed by atoms with Gasteiger partial charge in [-0.15, -0.1) is 0 Å². The molecule has 148 valence electrons. The standard InChI is InChI=1S/C21H40O4/c1-5-7-9-11-13-15-17-21(24-19(3)22,25-20(4)23)18-16-14-12-10-8-6-2/h5-18H2,1-4H3. The molecule has 0 bridgehead atoms. The predicted molar refractivity (Wildman–Crippen MR) is 102 cm³/mol. The summed E-state index contributed by atoms with van der Waals surface area (Å²) in [6.45, 7) is 7.18. The lowest BCUT2D eigenvalue weighted by Gasteiger charge is -2.32. The number of carbonyl (C=O) groups excluding carboxylic acids is 2. The number of unbranched alkanes of at least 4 members (excludes halogenated alkanes) is 10. The molecule has 0 saturated carbocycles. The van der Waals surface area contributed by atoms with Gasteiger partial charge in [0.25, 0.3) is 5.79 Å². The van der Waals surface area contributed by atoms with Crippen LogP contribution in [-0.2, 0) is 19.1 Å². The summed E-state index contributed by atoms with van der Waals surface area (Å²) in [7, 11) is 0. The molecule has 0 aromatic rings. The molecule has 0 N–H and O–H groups in total. The van der Waals surface area contributed by atoms with Crippen LogP contribution >= 0.6 is 0 Å². The Morgan fingerprint density at radius 1 is 0.600 bits per heavy atom. The van der Waals surface area contributed by atoms with E-state index in [0.29, 0.717) is 12.8 Å². The zero-order chi connectivity index (χ0) is 19.0. The van der Waals surface area contributed by atoms with Crippen LogP contribution in [0.2, 0.25) is 0 Å². The van der Waals surface area contributed by atoms with Crippen molar-refractivity contribution in [2.24, 2.45) is 0 Å². The lowest BCUT2D eigenvalue weighted by molar-refractivity contribution is -0.232. The molecule has 4 heteroatoms. The first-order chi connectivity index (χ1) is 12.0. The average Bonchev–Trinajstić information content (AvgIpc) is 2.53. The molecule has 0 aromatic carbocycles. The largest absolute Gasteiger partial charge is 0.423 e. The molecule has 0 unspecified atom stereocenters. The maximum atomic E-state index is 11.6. The Kier molecular flexibility index (Phi) is 14.6. The van der Waals surface area contributed by atoms with E-state index in [1.54, 1.807) is 0 Å². The molecule has 0 aliphatic rings. The van der Waals surface area contributed by atoms with Gasteiger partial charge in [0, 0.05) is 26.7 Å². The van der Waals surface area contributed by atoms with Crippen LogP contribution in [0.5, 0.6) is 0 Å². The molecule has 0 fully saturated rings. The van der Waals surface area contributed by atoms with E-state index in [2.05, 4.69) is 13.8 Å². The van der Waals surface area contributed by atoms with Crippen molar-refractivity contribution in [1.29, 1.82) is 0 Å². The second-order valence-electron chi connectivity index (χ2n) is 7.13. The first kappa shape index (κ1) is 23.9. The number of rotatable bonds is 16. The number of hydrogen-bond donors (Lipinski definition) is 0. The minimum absolute atomic E-state index is 0.377. The van der Waals surface area contributed by atoms with Crippen LogP contribution in [0.3, 0.4) is 0 Å². The first-order valence-corrected chi connectivity index (χ1v) is 10.3. The van der Waals surface area contributed by atoms with Gasteiger partial charge in [-0.1, -0.05) is 78.1 Å². The molecule has 0 amide bonds. The summed E-state index contributed by atoms with van der Waals surface area (Å²) in [5.41, 5.74) is 0. The second kappa shape index (κ2) is 15.2. The van der Waals surface area contributed by atoms with Crippen molar-refractivity contribution in [2.75, 3.05) is 0 Å². The Balaban J connectivity index is 4.52. The van der Waals surface area contributed by atoms with Crippen molar-refractivity contribution in [3.8, 4) is 0 Å². The highest BCUT2D eigenvalue weighted by Gasteiger charge is 2.36. The molecule has 25 heavy (non-hydrogen) atoms. The minimum Gasteiger partial charge on any atom is -0.423 e. The van der Waals surface area contributed by atoms with Crippen LogP contribution in [-0.4, -0.2) is 17.7 Å². The number of carbonyl (C=O) groups is 2. The summed E-state index contributed by atoms with van der Waals surface area (Å²) in [6.07, 6.45) is 15.0. The Labute approximate surface area is 155 Å². The summed E-state index contributed by atoms with van der Waals surface area (Å²) >= 11 is 0. The maximum absolute atomic E-state index is 11.6. The molecular weight excluding hydrogens is 316 g/mol. The van der Waals surface area contributed by atoms with E-state index in [1.165, 1.54) is 65.2 Å². The van der Waals surface area contributed by atoms with Crippen LogP contribution in [0.25, 0.3) is 0 Å². The zero-order valence-corrected chi connectivity index (χ0v) is 17.0. The first-order valence-electron chi connectivity index (χ1n) is 10.3. The van der Waals surface area contributed by atoms with Crippen molar-refractivity contribution in [3.63, 3.8) is 0 Å². The molecule has 0 spiro atoms. The van der Waals surface area contributed by atoms with Crippen molar-refractivity contribution in [1.82, 2.24) is 0 Å². The third-order valence-corrected chi connectivity index (χ3v) is 4.48. The molecular formula is C21H40O4. The van der Waals surface area contributed by atoms with E-state index in [9.17, 15) is 9.59 Å². The van der Waals surface area contributed by atoms with Gasteiger partial charge >= 0.3 is 11.9 Å². The SMILES string of the molecule is CCCCCCCCC(CCCCCCCC)(OC(C)=O)OC(C)=O. The highest BCUT2D eigenvalue weighted by molar-refractivity contribution is 5.68. The van der Waals surface area contributed by atoms with Gasteiger partial charge in [-0.25, -0.2) is 0 Å². The average molecular weight is 357 g/mol. The van der Waals surface area contributed by atoms with Crippen molar-refractivity contribution in [2.45, 2.75) is 123 Å². The molecule has 4 nitrogen and oxygen atoms in total. The maximum Gasteiger partial charge on any atom is 0.305 e. The van der Waals surface area contributed by atoms with Gasteiger partial charge in [0.15, 0.2) is 0 Å². The molecule has 0 saturated heterocycles. The quantitative estimate of drug-likeness (QED) is 0.185. The fraction of sp³-hybridized carbons (Fsp3) is 0.905. The third-order valence-electron chi connectivity index (χ3n) is 4.48. The number of esters is 2. The van der Waals surface area contributed by atoms with Crippen LogP contribution < -0.4 is 0 Å². The van der Waals surface area contributed by atoms with Gasteiger partial charge in [0.1, 0.15) is 0 Å². The number of hydrogen-bond acceptors (Lipinski definition) is 4. The smallest absolute Gasteiger partial charge is 0.305 e. The van der Waals surface area contributed by atoms with Crippen molar-refractivity contribution in [3.05, 3.63) is 0 Å². The highest BCUT2D eigenvalue weighted by Crippen LogP contribution is 2.29. The van der Waals surface area contributed by atoms with E-state index >= 15 is 0 Å². The molecule has 0 aromatic heterocycles. The van der Waals surface area contributed by atoms with Crippen LogP contribution in [0.4, 0.5) is 0 Å². The van der Waals surface area contributed by atoms with Crippen LogP contribution in [0.1, 0.15) is 118 Å². The van der Waals surface area contributed by atoms with Gasteiger partial charge in [0.2, 0.25) is 0 Å². The Morgan fingerprint density at radius 3 is 1.24 bits per heavy atom. The third kappa shape index (κ3) is 13.9. The minimum atomic E-state index is -1.06. The van der Waals surface area contributed by atoms with Gasteiger partial charge in [-0.2, -0.15) is 0 Å². The monoisotopic (exact) mass is 356 g/mol. The van der Waals surface area contributed by atoms with E-state index < -0.39 is 5.79 Å².